The lowest BCUT2D eigenvalue weighted by atomic mass is 9.89. The topological polar surface area (TPSA) is 60.8 Å². The van der Waals surface area contributed by atoms with Crippen molar-refractivity contribution in [3.63, 3.8) is 0 Å². The van der Waals surface area contributed by atoms with Gasteiger partial charge in [-0.1, -0.05) is 13.8 Å². The van der Waals surface area contributed by atoms with E-state index in [0.717, 1.165) is 12.7 Å². The summed E-state index contributed by atoms with van der Waals surface area (Å²) in [5.41, 5.74) is -0.371. The normalized spacial score (nSPS) is 15.5. The Kier molecular flexibility index (Phi) is 6.70. The third-order valence-corrected chi connectivity index (χ3v) is 2.51. The number of aliphatic hydroxyl groups is 2. The van der Waals surface area contributed by atoms with E-state index in [1.807, 2.05) is 18.7 Å². The Hall–Kier alpha value is -0.450. The van der Waals surface area contributed by atoms with Crippen LogP contribution in [0, 0.1) is 5.41 Å². The number of hydrogen-bond donors (Lipinski definition) is 2. The zero-order valence-electron chi connectivity index (χ0n) is 9.07. The van der Waals surface area contributed by atoms with Gasteiger partial charge in [0, 0.05) is 25.0 Å². The van der Waals surface area contributed by atoms with Gasteiger partial charge in [0.15, 0.2) is 0 Å². The van der Waals surface area contributed by atoms with E-state index in [2.05, 4.69) is 0 Å². The number of hydrogen-bond acceptors (Lipinski definition) is 4. The van der Waals surface area contributed by atoms with Crippen molar-refractivity contribution >= 4 is 6.29 Å². The van der Waals surface area contributed by atoms with Gasteiger partial charge in [0.25, 0.3) is 0 Å². The molecule has 0 aromatic heterocycles. The number of nitrogens with zero attached hydrogens (tertiary/aromatic N) is 1. The first kappa shape index (κ1) is 13.5. The van der Waals surface area contributed by atoms with Crippen LogP contribution in [0.3, 0.4) is 0 Å². The van der Waals surface area contributed by atoms with E-state index < -0.39 is 0 Å². The molecule has 14 heavy (non-hydrogen) atoms. The summed E-state index contributed by atoms with van der Waals surface area (Å²) < 4.78 is 0. The maximum absolute atomic E-state index is 10.9. The zero-order valence-corrected chi connectivity index (χ0v) is 9.07. The molecule has 2 N–H and O–H groups in total. The van der Waals surface area contributed by atoms with Crippen LogP contribution in [0.25, 0.3) is 0 Å². The SMILES string of the molecule is CCC(C)(C=O)CN(CCO)CCO. The summed E-state index contributed by atoms with van der Waals surface area (Å²) in [6.07, 6.45) is 1.72. The minimum absolute atomic E-state index is 0.0542. The number of carbonyl (C=O) groups is 1. The molecule has 0 fully saturated rings. The molecule has 84 valence electrons. The molecular formula is C10H21NO3. The highest BCUT2D eigenvalue weighted by molar-refractivity contribution is 5.58. The Morgan fingerprint density at radius 2 is 1.79 bits per heavy atom. The van der Waals surface area contributed by atoms with E-state index >= 15 is 0 Å². The second-order valence-corrected chi connectivity index (χ2v) is 3.85. The summed E-state index contributed by atoms with van der Waals surface area (Å²) in [6, 6.07) is 0. The first-order valence-electron chi connectivity index (χ1n) is 5.02. The van der Waals surface area contributed by atoms with Gasteiger partial charge in [-0.05, 0) is 6.42 Å². The molecule has 0 spiro atoms. The van der Waals surface area contributed by atoms with E-state index in [1.54, 1.807) is 0 Å². The van der Waals surface area contributed by atoms with Crippen molar-refractivity contribution in [3.8, 4) is 0 Å². The van der Waals surface area contributed by atoms with Crippen LogP contribution < -0.4 is 0 Å². The molecule has 0 aliphatic rings. The Bertz CT molecular complexity index is 157. The minimum atomic E-state index is -0.371. The fourth-order valence-electron chi connectivity index (χ4n) is 1.30. The zero-order chi connectivity index (χ0) is 11.0. The van der Waals surface area contributed by atoms with Crippen LogP contribution >= 0.6 is 0 Å². The summed E-state index contributed by atoms with van der Waals surface area (Å²) in [4.78, 5) is 12.8. The minimum Gasteiger partial charge on any atom is -0.395 e. The molecule has 0 radical (unpaired) electrons. The van der Waals surface area contributed by atoms with Crippen molar-refractivity contribution in [3.05, 3.63) is 0 Å². The lowest BCUT2D eigenvalue weighted by Gasteiger charge is -2.29. The third kappa shape index (κ3) is 4.69. The van der Waals surface area contributed by atoms with Gasteiger partial charge in [-0.25, -0.2) is 0 Å². The molecular weight excluding hydrogens is 182 g/mol. The maximum Gasteiger partial charge on any atom is 0.127 e. The van der Waals surface area contributed by atoms with Gasteiger partial charge in [0.2, 0.25) is 0 Å². The number of aliphatic hydroxyl groups excluding tert-OH is 2. The van der Waals surface area contributed by atoms with Crippen molar-refractivity contribution in [2.45, 2.75) is 20.3 Å². The number of aldehydes is 1. The molecule has 0 bridgehead atoms. The highest BCUT2D eigenvalue weighted by Gasteiger charge is 2.24. The molecule has 0 aliphatic carbocycles. The molecule has 4 nitrogen and oxygen atoms in total. The standard InChI is InChI=1S/C10H21NO3/c1-3-10(2,9-14)8-11(4-6-12)5-7-13/h9,12-13H,3-8H2,1-2H3. The van der Waals surface area contributed by atoms with Crippen molar-refractivity contribution in [2.24, 2.45) is 5.41 Å². The van der Waals surface area contributed by atoms with Crippen molar-refractivity contribution < 1.29 is 15.0 Å². The van der Waals surface area contributed by atoms with Crippen LogP contribution in [0.5, 0.6) is 0 Å². The second-order valence-electron chi connectivity index (χ2n) is 3.85. The molecule has 1 atom stereocenters. The molecule has 0 rings (SSSR count). The fourth-order valence-corrected chi connectivity index (χ4v) is 1.30. The smallest absolute Gasteiger partial charge is 0.127 e. The molecule has 0 aromatic carbocycles. The van der Waals surface area contributed by atoms with Crippen molar-refractivity contribution in [1.29, 1.82) is 0 Å². The average molecular weight is 203 g/mol. The van der Waals surface area contributed by atoms with Crippen LogP contribution in [0.2, 0.25) is 0 Å². The van der Waals surface area contributed by atoms with E-state index in [1.165, 1.54) is 0 Å². The Morgan fingerprint density at radius 3 is 2.07 bits per heavy atom. The lowest BCUT2D eigenvalue weighted by Crippen LogP contribution is -2.39. The van der Waals surface area contributed by atoms with Gasteiger partial charge >= 0.3 is 0 Å². The third-order valence-electron chi connectivity index (χ3n) is 2.51. The van der Waals surface area contributed by atoms with E-state index in [9.17, 15) is 4.79 Å². The first-order chi connectivity index (χ1) is 6.61. The fraction of sp³-hybridized carbons (Fsp3) is 0.900. The van der Waals surface area contributed by atoms with E-state index in [-0.39, 0.29) is 18.6 Å². The Balaban J connectivity index is 4.17. The molecule has 0 aromatic rings. The Labute approximate surface area is 85.5 Å². The number of rotatable bonds is 8. The van der Waals surface area contributed by atoms with Crippen molar-refractivity contribution in [2.75, 3.05) is 32.8 Å². The van der Waals surface area contributed by atoms with Gasteiger partial charge in [-0.2, -0.15) is 0 Å². The van der Waals surface area contributed by atoms with Crippen LogP contribution in [0.4, 0.5) is 0 Å². The van der Waals surface area contributed by atoms with Gasteiger partial charge < -0.3 is 15.0 Å². The molecule has 0 heterocycles. The van der Waals surface area contributed by atoms with Gasteiger partial charge in [0.05, 0.1) is 13.2 Å². The average Bonchev–Trinajstić information content (AvgIpc) is 2.18. The van der Waals surface area contributed by atoms with Gasteiger partial charge in [-0.15, -0.1) is 0 Å². The van der Waals surface area contributed by atoms with Crippen LogP contribution in [0.15, 0.2) is 0 Å². The quantitative estimate of drug-likeness (QED) is 0.540. The molecule has 0 aliphatic heterocycles. The molecule has 1 unspecified atom stereocenters. The second kappa shape index (κ2) is 6.92. The summed E-state index contributed by atoms with van der Waals surface area (Å²) in [5, 5.41) is 17.6. The summed E-state index contributed by atoms with van der Waals surface area (Å²) in [5.74, 6) is 0. The van der Waals surface area contributed by atoms with Gasteiger partial charge in [-0.3, -0.25) is 4.90 Å². The summed E-state index contributed by atoms with van der Waals surface area (Å²) in [6.45, 7) is 5.56. The highest BCUT2D eigenvalue weighted by Crippen LogP contribution is 2.18. The largest absolute Gasteiger partial charge is 0.395 e. The number of carbonyl (C=O) groups excluding carboxylic acids is 1. The predicted molar refractivity (Wildman–Crippen MR) is 55.1 cm³/mol. The highest BCUT2D eigenvalue weighted by atomic mass is 16.3. The summed E-state index contributed by atoms with van der Waals surface area (Å²) in [7, 11) is 0. The van der Waals surface area contributed by atoms with Crippen molar-refractivity contribution in [1.82, 2.24) is 4.90 Å². The van der Waals surface area contributed by atoms with E-state index in [0.29, 0.717) is 19.6 Å². The summed E-state index contributed by atoms with van der Waals surface area (Å²) >= 11 is 0. The van der Waals surface area contributed by atoms with Crippen LogP contribution in [0.1, 0.15) is 20.3 Å². The molecule has 0 saturated carbocycles. The predicted octanol–water partition coefficient (Wildman–Crippen LogP) is -0.112. The van der Waals surface area contributed by atoms with Crippen LogP contribution in [-0.4, -0.2) is 54.2 Å². The lowest BCUT2D eigenvalue weighted by molar-refractivity contribution is -0.116. The van der Waals surface area contributed by atoms with Gasteiger partial charge in [0.1, 0.15) is 6.29 Å². The van der Waals surface area contributed by atoms with Crippen LogP contribution in [-0.2, 0) is 4.79 Å². The maximum atomic E-state index is 10.9. The molecule has 4 heteroatoms. The molecule has 0 saturated heterocycles. The monoisotopic (exact) mass is 203 g/mol. The van der Waals surface area contributed by atoms with E-state index in [4.69, 9.17) is 10.2 Å². The molecule has 0 amide bonds. The first-order valence-corrected chi connectivity index (χ1v) is 5.02. The Morgan fingerprint density at radius 1 is 1.29 bits per heavy atom.